The van der Waals surface area contributed by atoms with E-state index in [2.05, 4.69) is 17.2 Å². The summed E-state index contributed by atoms with van der Waals surface area (Å²) in [6, 6.07) is 13.8. The zero-order valence-electron chi connectivity index (χ0n) is 12.2. The van der Waals surface area contributed by atoms with Crippen LogP contribution in [0.4, 0.5) is 0 Å². The van der Waals surface area contributed by atoms with Gasteiger partial charge in [-0.2, -0.15) is 4.57 Å². The van der Waals surface area contributed by atoms with Crippen molar-refractivity contribution in [2.45, 2.75) is 6.54 Å². The van der Waals surface area contributed by atoms with Crippen LogP contribution in [-0.4, -0.2) is 18.4 Å². The fourth-order valence-corrected chi connectivity index (χ4v) is 1.86. The van der Waals surface area contributed by atoms with Gasteiger partial charge in [0.05, 0.1) is 6.54 Å². The van der Waals surface area contributed by atoms with Gasteiger partial charge < -0.3 is 10.6 Å². The third-order valence-corrected chi connectivity index (χ3v) is 3.05. The molecule has 0 saturated carbocycles. The molecule has 0 saturated heterocycles. The minimum Gasteiger partial charge on any atom is -0.350 e. The highest BCUT2D eigenvalue weighted by Crippen LogP contribution is 2.03. The van der Waals surface area contributed by atoms with Crippen LogP contribution in [0.5, 0.6) is 0 Å². The maximum Gasteiger partial charge on any atom is 0.243 e. The highest BCUT2D eigenvalue weighted by molar-refractivity contribution is 5.90. The van der Waals surface area contributed by atoms with E-state index in [1.165, 1.54) is 0 Å². The molecule has 0 fully saturated rings. The number of benzene rings is 1. The van der Waals surface area contributed by atoms with E-state index in [0.29, 0.717) is 6.54 Å². The lowest BCUT2D eigenvalue weighted by atomic mass is 10.2. The SMILES string of the molecule is C=CC(=O)NCC(=O)NCc1ccc(-[n+]2ccccc2)cc1. The molecule has 1 aromatic heterocycles. The summed E-state index contributed by atoms with van der Waals surface area (Å²) in [5.74, 6) is -0.601. The lowest BCUT2D eigenvalue weighted by Crippen LogP contribution is -2.35. The largest absolute Gasteiger partial charge is 0.350 e. The molecule has 2 amide bonds. The van der Waals surface area contributed by atoms with Crippen molar-refractivity contribution in [1.29, 1.82) is 0 Å². The second-order valence-electron chi connectivity index (χ2n) is 4.65. The number of amides is 2. The Kier molecular flexibility index (Phi) is 5.43. The molecule has 22 heavy (non-hydrogen) atoms. The topological polar surface area (TPSA) is 62.1 Å². The van der Waals surface area contributed by atoms with Gasteiger partial charge in [0.15, 0.2) is 12.4 Å². The summed E-state index contributed by atoms with van der Waals surface area (Å²) in [6.07, 6.45) is 5.07. The molecule has 2 aromatic rings. The Labute approximate surface area is 129 Å². The molecule has 0 bridgehead atoms. The van der Waals surface area contributed by atoms with E-state index in [1.54, 1.807) is 0 Å². The summed E-state index contributed by atoms with van der Waals surface area (Å²) in [5, 5.41) is 5.17. The standard InChI is InChI=1S/C17H17N3O2/c1-2-16(21)19-13-17(22)18-12-14-6-8-15(9-7-14)20-10-4-3-5-11-20/h2-11H,1,12-13H2,(H-,18,19,21,22)/p+1. The fourth-order valence-electron chi connectivity index (χ4n) is 1.86. The summed E-state index contributed by atoms with van der Waals surface area (Å²) in [5.41, 5.74) is 2.04. The first kappa shape index (κ1) is 15.4. The van der Waals surface area contributed by atoms with Crippen molar-refractivity contribution in [3.05, 3.63) is 73.1 Å². The monoisotopic (exact) mass is 296 g/mol. The molecule has 0 aliphatic heterocycles. The van der Waals surface area contributed by atoms with Crippen molar-refractivity contribution in [2.24, 2.45) is 0 Å². The number of carbonyl (C=O) groups is 2. The van der Waals surface area contributed by atoms with E-state index in [0.717, 1.165) is 17.3 Å². The van der Waals surface area contributed by atoms with Crippen molar-refractivity contribution in [3.8, 4) is 5.69 Å². The summed E-state index contributed by atoms with van der Waals surface area (Å²) in [6.45, 7) is 3.69. The first-order valence-electron chi connectivity index (χ1n) is 6.91. The first-order valence-corrected chi connectivity index (χ1v) is 6.91. The predicted molar refractivity (Wildman–Crippen MR) is 83.0 cm³/mol. The Balaban J connectivity index is 1.85. The molecule has 2 N–H and O–H groups in total. The molecule has 0 aliphatic carbocycles. The van der Waals surface area contributed by atoms with E-state index >= 15 is 0 Å². The lowest BCUT2D eigenvalue weighted by molar-refractivity contribution is -0.595. The third-order valence-electron chi connectivity index (χ3n) is 3.05. The summed E-state index contributed by atoms with van der Waals surface area (Å²) < 4.78 is 2.01. The Morgan fingerprint density at radius 1 is 1.05 bits per heavy atom. The summed E-state index contributed by atoms with van der Waals surface area (Å²) in [4.78, 5) is 22.5. The average molecular weight is 296 g/mol. The molecular formula is C17H18N3O2+. The number of nitrogens with one attached hydrogen (secondary N) is 2. The van der Waals surface area contributed by atoms with Gasteiger partial charge in [0.1, 0.15) is 0 Å². The molecule has 0 radical (unpaired) electrons. The Hall–Kier alpha value is -2.95. The molecule has 0 unspecified atom stereocenters. The van der Waals surface area contributed by atoms with Gasteiger partial charge in [-0.3, -0.25) is 9.59 Å². The number of hydrogen-bond acceptors (Lipinski definition) is 2. The van der Waals surface area contributed by atoms with Crippen molar-refractivity contribution >= 4 is 11.8 Å². The van der Waals surface area contributed by atoms with Crippen molar-refractivity contribution in [1.82, 2.24) is 10.6 Å². The van der Waals surface area contributed by atoms with Crippen molar-refractivity contribution in [3.63, 3.8) is 0 Å². The minimum absolute atomic E-state index is 0.0528. The molecule has 112 valence electrons. The summed E-state index contributed by atoms with van der Waals surface area (Å²) >= 11 is 0. The van der Waals surface area contributed by atoms with Crippen molar-refractivity contribution < 1.29 is 14.2 Å². The van der Waals surface area contributed by atoms with Gasteiger partial charge in [0.2, 0.25) is 17.5 Å². The maximum atomic E-state index is 11.6. The third kappa shape index (κ3) is 4.56. The van der Waals surface area contributed by atoms with E-state index in [9.17, 15) is 9.59 Å². The van der Waals surface area contributed by atoms with Gasteiger partial charge in [-0.1, -0.05) is 24.8 Å². The number of carbonyl (C=O) groups excluding carboxylic acids is 2. The van der Waals surface area contributed by atoms with Crippen LogP contribution in [-0.2, 0) is 16.1 Å². The molecule has 0 spiro atoms. The smallest absolute Gasteiger partial charge is 0.243 e. The highest BCUT2D eigenvalue weighted by atomic mass is 16.2. The predicted octanol–water partition coefficient (Wildman–Crippen LogP) is 0.882. The highest BCUT2D eigenvalue weighted by Gasteiger charge is 2.05. The van der Waals surface area contributed by atoms with E-state index in [-0.39, 0.29) is 18.4 Å². The molecule has 1 aromatic carbocycles. The van der Waals surface area contributed by atoms with Gasteiger partial charge >= 0.3 is 0 Å². The quantitative estimate of drug-likeness (QED) is 0.614. The Morgan fingerprint density at radius 3 is 2.36 bits per heavy atom. The number of rotatable bonds is 6. The molecule has 1 heterocycles. The van der Waals surface area contributed by atoms with Crippen LogP contribution in [0.25, 0.3) is 5.69 Å². The minimum atomic E-state index is -0.362. The number of nitrogens with zero attached hydrogens (tertiary/aromatic N) is 1. The summed E-state index contributed by atoms with van der Waals surface area (Å²) in [7, 11) is 0. The molecule has 5 nitrogen and oxygen atoms in total. The van der Waals surface area contributed by atoms with Gasteiger partial charge in [0.25, 0.3) is 0 Å². The van der Waals surface area contributed by atoms with Crippen molar-refractivity contribution in [2.75, 3.05) is 6.54 Å². The van der Waals surface area contributed by atoms with E-state index < -0.39 is 0 Å². The van der Waals surface area contributed by atoms with Gasteiger partial charge in [-0.05, 0) is 11.6 Å². The molecular weight excluding hydrogens is 278 g/mol. The second-order valence-corrected chi connectivity index (χ2v) is 4.65. The first-order chi connectivity index (χ1) is 10.7. The van der Waals surface area contributed by atoms with Crippen LogP contribution >= 0.6 is 0 Å². The lowest BCUT2D eigenvalue weighted by Gasteiger charge is -2.06. The van der Waals surface area contributed by atoms with Crippen LogP contribution in [0, 0.1) is 0 Å². The molecule has 0 atom stereocenters. The van der Waals surface area contributed by atoms with Gasteiger partial charge in [-0.25, -0.2) is 0 Å². The van der Waals surface area contributed by atoms with Crippen LogP contribution in [0.2, 0.25) is 0 Å². The molecule has 0 aliphatic rings. The fraction of sp³-hybridized carbons (Fsp3) is 0.118. The zero-order chi connectivity index (χ0) is 15.8. The van der Waals surface area contributed by atoms with E-state index in [1.807, 2.05) is 59.4 Å². The molecule has 2 rings (SSSR count). The van der Waals surface area contributed by atoms with Gasteiger partial charge in [-0.15, -0.1) is 0 Å². The second kappa shape index (κ2) is 7.73. The van der Waals surface area contributed by atoms with Crippen LogP contribution in [0.1, 0.15) is 5.56 Å². The number of pyridine rings is 1. The Morgan fingerprint density at radius 2 is 1.73 bits per heavy atom. The van der Waals surface area contributed by atoms with E-state index in [4.69, 9.17) is 0 Å². The van der Waals surface area contributed by atoms with Crippen LogP contribution in [0.3, 0.4) is 0 Å². The number of aromatic nitrogens is 1. The van der Waals surface area contributed by atoms with Crippen LogP contribution < -0.4 is 15.2 Å². The normalized spacial score (nSPS) is 9.82. The van der Waals surface area contributed by atoms with Crippen LogP contribution in [0.15, 0.2) is 67.5 Å². The zero-order valence-corrected chi connectivity index (χ0v) is 12.2. The average Bonchev–Trinajstić information content (AvgIpc) is 2.59. The number of hydrogen-bond donors (Lipinski definition) is 2. The molecule has 5 heteroatoms. The van der Waals surface area contributed by atoms with Gasteiger partial charge in [0, 0.05) is 30.8 Å². The Bertz CT molecular complexity index is 651. The maximum absolute atomic E-state index is 11.6.